The molecule has 0 saturated carbocycles. The van der Waals surface area contributed by atoms with Gasteiger partial charge in [-0.15, -0.1) is 18.3 Å². The van der Waals surface area contributed by atoms with Gasteiger partial charge in [0.05, 0.1) is 0 Å². The topological polar surface area (TPSA) is 63.6 Å². The molecule has 0 aliphatic carbocycles. The summed E-state index contributed by atoms with van der Waals surface area (Å²) in [7, 11) is 0. The Kier molecular flexibility index (Phi) is 6.43. The fourth-order valence-corrected chi connectivity index (χ4v) is 0.824. The van der Waals surface area contributed by atoms with Crippen LogP contribution >= 0.6 is 0 Å². The van der Waals surface area contributed by atoms with Crippen LogP contribution < -0.4 is 5.73 Å². The fourth-order valence-electron chi connectivity index (χ4n) is 0.824. The minimum Gasteiger partial charge on any atom is -0.380 e. The van der Waals surface area contributed by atoms with Crippen LogP contribution in [0.15, 0.2) is 41.7 Å². The van der Waals surface area contributed by atoms with E-state index in [4.69, 9.17) is 5.73 Å². The number of aromatic nitrogens is 1. The van der Waals surface area contributed by atoms with Crippen molar-refractivity contribution in [2.45, 2.75) is 20.8 Å². The van der Waals surface area contributed by atoms with Gasteiger partial charge in [-0.2, -0.15) is 5.10 Å². The highest BCUT2D eigenvalue weighted by molar-refractivity contribution is 5.96. The highest BCUT2D eigenvalue weighted by atomic mass is 15.2. The first-order valence-electron chi connectivity index (χ1n) is 4.87. The molecule has 4 nitrogen and oxygen atoms in total. The van der Waals surface area contributed by atoms with E-state index in [1.54, 1.807) is 6.20 Å². The van der Waals surface area contributed by atoms with E-state index in [1.165, 1.54) is 0 Å². The molecule has 0 aliphatic heterocycles. The van der Waals surface area contributed by atoms with Gasteiger partial charge in [0, 0.05) is 11.9 Å². The summed E-state index contributed by atoms with van der Waals surface area (Å²) >= 11 is 0. The molecule has 1 aromatic heterocycles. The van der Waals surface area contributed by atoms with E-state index in [1.807, 2.05) is 32.9 Å². The van der Waals surface area contributed by atoms with Crippen molar-refractivity contribution in [1.82, 2.24) is 4.98 Å². The Labute approximate surface area is 96.6 Å². The van der Waals surface area contributed by atoms with E-state index < -0.39 is 0 Å². The Morgan fingerprint density at radius 3 is 2.31 bits per heavy atom. The van der Waals surface area contributed by atoms with Crippen molar-refractivity contribution in [2.24, 2.45) is 15.9 Å². The van der Waals surface area contributed by atoms with Crippen LogP contribution in [0.1, 0.15) is 25.1 Å². The van der Waals surface area contributed by atoms with Gasteiger partial charge in [0.25, 0.3) is 0 Å². The maximum Gasteiger partial charge on any atom is 0.171 e. The SMILES string of the molecule is C=C.CC(C)=N/N=C(\N)c1ccc(C)cn1. The molecule has 0 bridgehead atoms. The van der Waals surface area contributed by atoms with E-state index in [2.05, 4.69) is 28.3 Å². The van der Waals surface area contributed by atoms with Crippen LogP contribution in [-0.2, 0) is 0 Å². The van der Waals surface area contributed by atoms with Crippen LogP contribution in [0.4, 0.5) is 0 Å². The molecule has 0 fully saturated rings. The Hall–Kier alpha value is -1.97. The lowest BCUT2D eigenvalue weighted by molar-refractivity contribution is 1.17. The minimum atomic E-state index is 0.339. The molecule has 0 spiro atoms. The smallest absolute Gasteiger partial charge is 0.171 e. The fraction of sp³-hybridized carbons (Fsp3) is 0.250. The van der Waals surface area contributed by atoms with Crippen molar-refractivity contribution in [3.05, 3.63) is 42.7 Å². The number of aryl methyl sites for hydroxylation is 1. The number of hydrogen-bond acceptors (Lipinski definition) is 3. The normalized spacial score (nSPS) is 10.1. The second kappa shape index (κ2) is 7.34. The molecule has 86 valence electrons. The van der Waals surface area contributed by atoms with E-state index in [0.29, 0.717) is 11.5 Å². The number of hydrogen-bond donors (Lipinski definition) is 1. The molecule has 0 unspecified atom stereocenters. The molecule has 0 saturated heterocycles. The monoisotopic (exact) mass is 218 g/mol. The van der Waals surface area contributed by atoms with Crippen molar-refractivity contribution in [1.29, 1.82) is 0 Å². The zero-order valence-corrected chi connectivity index (χ0v) is 10.1. The molecule has 1 heterocycles. The van der Waals surface area contributed by atoms with Crippen LogP contribution in [0.25, 0.3) is 0 Å². The lowest BCUT2D eigenvalue weighted by Crippen LogP contribution is -2.14. The maximum absolute atomic E-state index is 5.67. The Morgan fingerprint density at radius 2 is 1.88 bits per heavy atom. The van der Waals surface area contributed by atoms with Gasteiger partial charge in [-0.05, 0) is 32.4 Å². The van der Waals surface area contributed by atoms with Crippen LogP contribution in [0, 0.1) is 6.92 Å². The highest BCUT2D eigenvalue weighted by Crippen LogP contribution is 1.98. The molecule has 0 aromatic carbocycles. The Bertz CT molecular complexity index is 373. The third-order valence-corrected chi connectivity index (χ3v) is 1.53. The van der Waals surface area contributed by atoms with Crippen molar-refractivity contribution >= 4 is 11.5 Å². The van der Waals surface area contributed by atoms with Crippen molar-refractivity contribution in [3.63, 3.8) is 0 Å². The summed E-state index contributed by atoms with van der Waals surface area (Å²) < 4.78 is 0. The highest BCUT2D eigenvalue weighted by Gasteiger charge is 1.98. The lowest BCUT2D eigenvalue weighted by Gasteiger charge is -1.97. The predicted octanol–water partition coefficient (Wildman–Crippen LogP) is 2.29. The molecule has 2 N–H and O–H groups in total. The average molecular weight is 218 g/mol. The number of pyridine rings is 1. The summed E-state index contributed by atoms with van der Waals surface area (Å²) in [5.41, 5.74) is 8.28. The number of amidine groups is 1. The van der Waals surface area contributed by atoms with E-state index in [9.17, 15) is 0 Å². The average Bonchev–Trinajstić information content (AvgIpc) is 2.29. The second-order valence-corrected chi connectivity index (χ2v) is 3.25. The third kappa shape index (κ3) is 5.05. The minimum absolute atomic E-state index is 0.339. The van der Waals surface area contributed by atoms with Crippen molar-refractivity contribution < 1.29 is 0 Å². The molecule has 1 rings (SSSR count). The summed E-state index contributed by atoms with van der Waals surface area (Å²) in [6.07, 6.45) is 1.75. The van der Waals surface area contributed by atoms with Gasteiger partial charge in [-0.1, -0.05) is 6.07 Å². The first-order chi connectivity index (χ1) is 7.59. The van der Waals surface area contributed by atoms with Crippen molar-refractivity contribution in [3.8, 4) is 0 Å². The van der Waals surface area contributed by atoms with Crippen LogP contribution in [0.3, 0.4) is 0 Å². The molecule has 4 heteroatoms. The predicted molar refractivity (Wildman–Crippen MR) is 69.7 cm³/mol. The van der Waals surface area contributed by atoms with Gasteiger partial charge in [-0.3, -0.25) is 4.98 Å². The molecule has 16 heavy (non-hydrogen) atoms. The molecule has 0 atom stereocenters. The third-order valence-electron chi connectivity index (χ3n) is 1.53. The number of nitrogens with zero attached hydrogens (tertiary/aromatic N) is 3. The summed E-state index contributed by atoms with van der Waals surface area (Å²) in [4.78, 5) is 4.13. The first kappa shape index (κ1) is 14.0. The van der Waals surface area contributed by atoms with E-state index >= 15 is 0 Å². The van der Waals surface area contributed by atoms with Gasteiger partial charge >= 0.3 is 0 Å². The summed E-state index contributed by atoms with van der Waals surface area (Å²) in [6, 6.07) is 3.77. The first-order valence-corrected chi connectivity index (χ1v) is 4.87. The van der Waals surface area contributed by atoms with Gasteiger partial charge in [0.1, 0.15) is 5.69 Å². The Balaban J connectivity index is 0.00000106. The van der Waals surface area contributed by atoms with Gasteiger partial charge in [0.2, 0.25) is 0 Å². The summed E-state index contributed by atoms with van der Waals surface area (Å²) in [6.45, 7) is 11.7. The second-order valence-electron chi connectivity index (χ2n) is 3.25. The quantitative estimate of drug-likeness (QED) is 0.358. The number of rotatable bonds is 2. The molecule has 0 radical (unpaired) electrons. The van der Waals surface area contributed by atoms with Crippen LogP contribution in [0.5, 0.6) is 0 Å². The largest absolute Gasteiger partial charge is 0.380 e. The van der Waals surface area contributed by atoms with Crippen molar-refractivity contribution in [2.75, 3.05) is 0 Å². The standard InChI is InChI=1S/C10H14N4.C2H4/c1-7(2)13-14-10(11)9-5-4-8(3)6-12-9;1-2/h4-6H,1-3H3,(H2,11,14);1-2H2. The van der Waals surface area contributed by atoms with Gasteiger partial charge in [-0.25, -0.2) is 0 Å². The summed E-state index contributed by atoms with van der Waals surface area (Å²) in [5, 5.41) is 7.71. The molecular weight excluding hydrogens is 200 g/mol. The van der Waals surface area contributed by atoms with E-state index in [0.717, 1.165) is 11.3 Å². The van der Waals surface area contributed by atoms with Gasteiger partial charge in [0.15, 0.2) is 5.84 Å². The summed E-state index contributed by atoms with van der Waals surface area (Å²) in [5.74, 6) is 0.339. The zero-order chi connectivity index (χ0) is 12.6. The molecule has 1 aromatic rings. The van der Waals surface area contributed by atoms with E-state index in [-0.39, 0.29) is 0 Å². The van der Waals surface area contributed by atoms with Gasteiger partial charge < -0.3 is 5.73 Å². The molecular formula is C12H18N4. The molecule has 0 amide bonds. The lowest BCUT2D eigenvalue weighted by atomic mass is 10.3. The Morgan fingerprint density at radius 1 is 1.25 bits per heavy atom. The zero-order valence-electron chi connectivity index (χ0n) is 10.1. The maximum atomic E-state index is 5.67. The van der Waals surface area contributed by atoms with Crippen LogP contribution in [0.2, 0.25) is 0 Å². The number of nitrogens with two attached hydrogens (primary N) is 1. The van der Waals surface area contributed by atoms with Crippen LogP contribution in [-0.4, -0.2) is 16.5 Å². The molecule has 0 aliphatic rings.